The molecular formula is C29H26O3. The number of rotatable bonds is 5. The van der Waals surface area contributed by atoms with Gasteiger partial charge in [0.05, 0.1) is 12.5 Å². The van der Waals surface area contributed by atoms with Crippen molar-refractivity contribution in [2.75, 3.05) is 7.11 Å². The maximum absolute atomic E-state index is 11.5. The van der Waals surface area contributed by atoms with E-state index in [0.29, 0.717) is 5.76 Å². The number of hydrogen-bond donors (Lipinski definition) is 0. The van der Waals surface area contributed by atoms with Gasteiger partial charge in [-0.3, -0.25) is 0 Å². The average Bonchev–Trinajstić information content (AvgIpc) is 3.11. The van der Waals surface area contributed by atoms with Gasteiger partial charge in [0.15, 0.2) is 0 Å². The molecule has 0 amide bonds. The SMILES string of the molecule is C=C/C(=C\C=C(/C)OC(=O)OC)C1(c2ccc(C)cc2)c2ccccc2-c2ccccc21. The van der Waals surface area contributed by atoms with Crippen molar-refractivity contribution >= 4 is 6.16 Å². The highest BCUT2D eigenvalue weighted by Crippen LogP contribution is 2.56. The summed E-state index contributed by atoms with van der Waals surface area (Å²) in [5.74, 6) is 0.440. The lowest BCUT2D eigenvalue weighted by molar-refractivity contribution is 0.0975. The van der Waals surface area contributed by atoms with Crippen LogP contribution in [0.15, 0.2) is 109 Å². The summed E-state index contributed by atoms with van der Waals surface area (Å²) in [6.45, 7) is 7.98. The summed E-state index contributed by atoms with van der Waals surface area (Å²) < 4.78 is 9.78. The monoisotopic (exact) mass is 422 g/mol. The van der Waals surface area contributed by atoms with Crippen molar-refractivity contribution in [3.05, 3.63) is 131 Å². The molecule has 0 saturated heterocycles. The molecule has 3 heteroatoms. The molecule has 0 heterocycles. The molecule has 1 aliphatic rings. The highest BCUT2D eigenvalue weighted by molar-refractivity contribution is 5.86. The first-order valence-corrected chi connectivity index (χ1v) is 10.6. The van der Waals surface area contributed by atoms with Crippen LogP contribution in [0, 0.1) is 6.92 Å². The van der Waals surface area contributed by atoms with Gasteiger partial charge in [-0.15, -0.1) is 0 Å². The lowest BCUT2D eigenvalue weighted by Gasteiger charge is -2.34. The summed E-state index contributed by atoms with van der Waals surface area (Å²) in [5, 5.41) is 0. The van der Waals surface area contributed by atoms with Crippen LogP contribution in [0.2, 0.25) is 0 Å². The maximum Gasteiger partial charge on any atom is 0.513 e. The zero-order valence-corrected chi connectivity index (χ0v) is 18.6. The highest BCUT2D eigenvalue weighted by Gasteiger charge is 2.46. The van der Waals surface area contributed by atoms with Gasteiger partial charge in [-0.2, -0.15) is 0 Å². The van der Waals surface area contributed by atoms with Gasteiger partial charge in [-0.1, -0.05) is 97.1 Å². The zero-order chi connectivity index (χ0) is 22.7. The molecule has 4 rings (SSSR count). The minimum absolute atomic E-state index is 0.440. The van der Waals surface area contributed by atoms with Crippen molar-refractivity contribution < 1.29 is 14.3 Å². The fourth-order valence-corrected chi connectivity index (χ4v) is 4.59. The molecule has 32 heavy (non-hydrogen) atoms. The van der Waals surface area contributed by atoms with Crippen molar-refractivity contribution in [3.63, 3.8) is 0 Å². The molecule has 160 valence electrons. The molecule has 0 aromatic heterocycles. The number of methoxy groups -OCH3 is 1. The second-order valence-corrected chi connectivity index (χ2v) is 7.87. The van der Waals surface area contributed by atoms with Crippen molar-refractivity contribution in [3.8, 4) is 11.1 Å². The molecule has 0 N–H and O–H groups in total. The Bertz CT molecular complexity index is 1180. The van der Waals surface area contributed by atoms with E-state index in [1.165, 1.54) is 34.9 Å². The molecule has 0 aliphatic heterocycles. The topological polar surface area (TPSA) is 35.5 Å². The average molecular weight is 423 g/mol. The fourth-order valence-electron chi connectivity index (χ4n) is 4.59. The van der Waals surface area contributed by atoms with E-state index in [1.807, 2.05) is 12.2 Å². The van der Waals surface area contributed by atoms with Gasteiger partial charge >= 0.3 is 6.16 Å². The number of carbonyl (C=O) groups is 1. The second-order valence-electron chi connectivity index (χ2n) is 7.87. The summed E-state index contributed by atoms with van der Waals surface area (Å²) in [5.41, 5.74) is 7.65. The standard InChI is InChI=1S/C29H26O3/c1-5-22(19-16-21(3)32-28(30)31-4)29(23-17-14-20(2)15-18-23)26-12-8-6-10-24(26)25-11-7-9-13-27(25)29/h5-19H,1H2,2-4H3/b21-16+,22-19+. The number of ether oxygens (including phenoxy) is 2. The molecule has 0 unspecified atom stereocenters. The van der Waals surface area contributed by atoms with Crippen LogP contribution in [-0.2, 0) is 14.9 Å². The molecule has 3 nitrogen and oxygen atoms in total. The van der Waals surface area contributed by atoms with Crippen LogP contribution in [0.3, 0.4) is 0 Å². The van der Waals surface area contributed by atoms with Gasteiger partial charge in [0.25, 0.3) is 0 Å². The molecule has 0 spiro atoms. The molecule has 0 saturated carbocycles. The number of fused-ring (bicyclic) bond motifs is 3. The van der Waals surface area contributed by atoms with Crippen LogP contribution in [0.4, 0.5) is 4.79 Å². The molecule has 0 radical (unpaired) electrons. The Hall–Kier alpha value is -3.85. The lowest BCUT2D eigenvalue weighted by atomic mass is 9.67. The Labute approximate surface area is 189 Å². The first kappa shape index (κ1) is 21.4. The minimum Gasteiger partial charge on any atom is -0.437 e. The molecule has 3 aromatic rings. The number of benzene rings is 3. The first-order chi connectivity index (χ1) is 15.5. The van der Waals surface area contributed by atoms with E-state index < -0.39 is 11.6 Å². The first-order valence-electron chi connectivity index (χ1n) is 10.6. The Morgan fingerprint density at radius 3 is 1.97 bits per heavy atom. The zero-order valence-electron chi connectivity index (χ0n) is 18.6. The Morgan fingerprint density at radius 1 is 0.875 bits per heavy atom. The summed E-state index contributed by atoms with van der Waals surface area (Å²) >= 11 is 0. The molecule has 1 aliphatic carbocycles. The third kappa shape index (κ3) is 3.46. The largest absolute Gasteiger partial charge is 0.513 e. The van der Waals surface area contributed by atoms with Crippen molar-refractivity contribution in [2.45, 2.75) is 19.3 Å². The van der Waals surface area contributed by atoms with Crippen LogP contribution in [-0.4, -0.2) is 13.3 Å². The van der Waals surface area contributed by atoms with Crippen LogP contribution >= 0.6 is 0 Å². The summed E-state index contributed by atoms with van der Waals surface area (Å²) in [4.78, 5) is 11.5. The summed E-state index contributed by atoms with van der Waals surface area (Å²) in [6, 6.07) is 25.7. The van der Waals surface area contributed by atoms with E-state index in [9.17, 15) is 4.79 Å². The molecule has 0 atom stereocenters. The number of carbonyl (C=O) groups excluding carboxylic acids is 1. The minimum atomic E-state index is -0.739. The summed E-state index contributed by atoms with van der Waals surface area (Å²) in [7, 11) is 1.29. The molecule has 3 aromatic carbocycles. The third-order valence-corrected chi connectivity index (χ3v) is 6.00. The highest BCUT2D eigenvalue weighted by atomic mass is 16.7. The van der Waals surface area contributed by atoms with Gasteiger partial charge in [-0.25, -0.2) is 4.79 Å². The molecular weight excluding hydrogens is 396 g/mol. The number of allylic oxidation sites excluding steroid dienone is 5. The smallest absolute Gasteiger partial charge is 0.437 e. The maximum atomic E-state index is 11.5. The number of hydrogen-bond acceptors (Lipinski definition) is 3. The van der Waals surface area contributed by atoms with E-state index in [4.69, 9.17) is 4.74 Å². The van der Waals surface area contributed by atoms with Crippen LogP contribution in [0.1, 0.15) is 29.2 Å². The second kappa shape index (κ2) is 8.72. The van der Waals surface area contributed by atoms with E-state index in [1.54, 1.807) is 13.0 Å². The van der Waals surface area contributed by atoms with Gasteiger partial charge in [0.2, 0.25) is 0 Å². The van der Waals surface area contributed by atoms with Crippen LogP contribution in [0.25, 0.3) is 11.1 Å². The van der Waals surface area contributed by atoms with E-state index >= 15 is 0 Å². The normalized spacial score (nSPS) is 14.3. The van der Waals surface area contributed by atoms with Gasteiger partial charge in [-0.05, 0) is 53.3 Å². The Balaban J connectivity index is 2.02. The van der Waals surface area contributed by atoms with Crippen molar-refractivity contribution in [1.82, 2.24) is 0 Å². The van der Waals surface area contributed by atoms with Crippen molar-refractivity contribution in [1.29, 1.82) is 0 Å². The Morgan fingerprint density at radius 2 is 1.44 bits per heavy atom. The van der Waals surface area contributed by atoms with E-state index in [0.717, 1.165) is 11.1 Å². The van der Waals surface area contributed by atoms with E-state index in [-0.39, 0.29) is 0 Å². The number of aryl methyl sites for hydroxylation is 1. The fraction of sp³-hybridized carbons (Fsp3) is 0.138. The quantitative estimate of drug-likeness (QED) is 0.250. The predicted molar refractivity (Wildman–Crippen MR) is 128 cm³/mol. The third-order valence-electron chi connectivity index (χ3n) is 6.00. The lowest BCUT2D eigenvalue weighted by Crippen LogP contribution is -2.29. The predicted octanol–water partition coefficient (Wildman–Crippen LogP) is 7.11. The van der Waals surface area contributed by atoms with E-state index in [2.05, 4.69) is 91.0 Å². The summed E-state index contributed by atoms with van der Waals surface area (Å²) in [6.07, 6.45) is 4.91. The van der Waals surface area contributed by atoms with Gasteiger partial charge < -0.3 is 9.47 Å². The van der Waals surface area contributed by atoms with Gasteiger partial charge in [0, 0.05) is 0 Å². The van der Waals surface area contributed by atoms with Crippen molar-refractivity contribution in [2.24, 2.45) is 0 Å². The van der Waals surface area contributed by atoms with Gasteiger partial charge in [0.1, 0.15) is 5.76 Å². The van der Waals surface area contributed by atoms with Crippen LogP contribution < -0.4 is 0 Å². The van der Waals surface area contributed by atoms with Crippen LogP contribution in [0.5, 0.6) is 0 Å². The molecule has 0 bridgehead atoms. The molecule has 0 fully saturated rings. The Kier molecular flexibility index (Phi) is 5.83.